The highest BCUT2D eigenvalue weighted by molar-refractivity contribution is 5.98. The Labute approximate surface area is 219 Å². The van der Waals surface area contributed by atoms with Crippen molar-refractivity contribution in [3.63, 3.8) is 0 Å². The zero-order chi connectivity index (χ0) is 25.7. The molecule has 1 N–H and O–H groups in total. The van der Waals surface area contributed by atoms with Crippen LogP contribution in [0.2, 0.25) is 0 Å². The van der Waals surface area contributed by atoms with Gasteiger partial charge < -0.3 is 19.4 Å². The lowest BCUT2D eigenvalue weighted by Crippen LogP contribution is -2.43. The Hall–Kier alpha value is -3.37. The lowest BCUT2D eigenvalue weighted by atomic mass is 9.95. The summed E-state index contributed by atoms with van der Waals surface area (Å²) in [6.07, 6.45) is 5.74. The average molecular weight is 521 g/mol. The third kappa shape index (κ3) is 3.97. The Morgan fingerprint density at radius 2 is 2.03 bits per heavy atom. The number of aromatic nitrogens is 4. The first kappa shape index (κ1) is 23.7. The second kappa shape index (κ2) is 9.43. The highest BCUT2D eigenvalue weighted by Gasteiger charge is 2.49. The quantitative estimate of drug-likeness (QED) is 0.415. The molecule has 10 heteroatoms. The van der Waals surface area contributed by atoms with Crippen LogP contribution in [0.4, 0.5) is 14.6 Å². The van der Waals surface area contributed by atoms with Gasteiger partial charge in [-0.1, -0.05) is 18.2 Å². The number of rotatable bonds is 5. The fourth-order valence-electron chi connectivity index (χ4n) is 6.39. The summed E-state index contributed by atoms with van der Waals surface area (Å²) >= 11 is 0. The summed E-state index contributed by atoms with van der Waals surface area (Å²) in [5.74, 6) is 0.0696. The van der Waals surface area contributed by atoms with Gasteiger partial charge in [0.05, 0.1) is 17.5 Å². The van der Waals surface area contributed by atoms with Gasteiger partial charge in [-0.3, -0.25) is 9.88 Å². The van der Waals surface area contributed by atoms with Gasteiger partial charge in [0.15, 0.2) is 5.82 Å². The van der Waals surface area contributed by atoms with E-state index in [1.54, 1.807) is 12.4 Å². The number of anilines is 1. The van der Waals surface area contributed by atoms with Gasteiger partial charge >= 0.3 is 6.01 Å². The molecule has 3 saturated heterocycles. The second-order valence-electron chi connectivity index (χ2n) is 10.6. The van der Waals surface area contributed by atoms with E-state index in [1.165, 1.54) is 0 Å². The molecule has 3 aliphatic heterocycles. The fourth-order valence-corrected chi connectivity index (χ4v) is 6.39. The van der Waals surface area contributed by atoms with Gasteiger partial charge in [0.2, 0.25) is 0 Å². The molecule has 0 amide bonds. The van der Waals surface area contributed by atoms with Crippen molar-refractivity contribution in [1.29, 1.82) is 0 Å². The molecule has 3 aromatic heterocycles. The van der Waals surface area contributed by atoms with Crippen molar-refractivity contribution in [3.05, 3.63) is 42.5 Å². The first-order chi connectivity index (χ1) is 18.6. The lowest BCUT2D eigenvalue weighted by Gasteiger charge is -2.31. The number of aromatic amines is 1. The van der Waals surface area contributed by atoms with Crippen molar-refractivity contribution in [3.8, 4) is 17.3 Å². The van der Waals surface area contributed by atoms with Gasteiger partial charge in [-0.15, -0.1) is 0 Å². The Balaban J connectivity index is 1.32. The van der Waals surface area contributed by atoms with Crippen LogP contribution in [0.5, 0.6) is 6.01 Å². The Kier molecular flexibility index (Phi) is 5.89. The van der Waals surface area contributed by atoms with Crippen molar-refractivity contribution in [1.82, 2.24) is 24.8 Å². The van der Waals surface area contributed by atoms with Crippen LogP contribution in [0, 0.1) is 5.82 Å². The fraction of sp³-hybridized carbons (Fsp3) is 0.464. The number of H-pyrrole nitrogens is 1. The molecule has 7 rings (SSSR count). The molecule has 0 aliphatic carbocycles. The van der Waals surface area contributed by atoms with Crippen LogP contribution < -0.4 is 9.64 Å². The van der Waals surface area contributed by atoms with Crippen molar-refractivity contribution in [2.24, 2.45) is 0 Å². The molecule has 3 fully saturated rings. The van der Waals surface area contributed by atoms with Crippen LogP contribution in [-0.2, 0) is 4.74 Å². The molecule has 0 bridgehead atoms. The van der Waals surface area contributed by atoms with Gasteiger partial charge in [0, 0.05) is 61.5 Å². The second-order valence-corrected chi connectivity index (χ2v) is 10.6. The number of ether oxygens (including phenoxy) is 2. The number of halogens is 2. The molecule has 6 heterocycles. The Morgan fingerprint density at radius 1 is 1.11 bits per heavy atom. The predicted octanol–water partition coefficient (Wildman–Crippen LogP) is 4.49. The number of nitrogens with one attached hydrogen (secondary N) is 1. The molecule has 1 aromatic carbocycles. The molecule has 38 heavy (non-hydrogen) atoms. The zero-order valence-electron chi connectivity index (χ0n) is 21.1. The van der Waals surface area contributed by atoms with Crippen LogP contribution in [0.3, 0.4) is 0 Å². The third-order valence-corrected chi connectivity index (χ3v) is 8.24. The van der Waals surface area contributed by atoms with Crippen LogP contribution in [0.25, 0.3) is 33.1 Å². The number of hydrogen-bond acceptors (Lipinski definition) is 7. The minimum atomic E-state index is -0.855. The highest BCUT2D eigenvalue weighted by Crippen LogP contribution is 2.41. The van der Waals surface area contributed by atoms with Gasteiger partial charge in [-0.25, -0.2) is 8.78 Å². The number of fused-ring (bicyclic) bond motifs is 3. The maximum absolute atomic E-state index is 16.3. The number of nitrogens with zero attached hydrogens (tertiary/aromatic N) is 5. The van der Waals surface area contributed by atoms with E-state index in [9.17, 15) is 4.39 Å². The summed E-state index contributed by atoms with van der Waals surface area (Å²) < 4.78 is 42.4. The number of para-hydroxylation sites is 1. The van der Waals surface area contributed by atoms with E-state index in [0.717, 1.165) is 43.3 Å². The van der Waals surface area contributed by atoms with Crippen molar-refractivity contribution in [2.45, 2.75) is 37.4 Å². The van der Waals surface area contributed by atoms with E-state index in [2.05, 4.69) is 24.8 Å². The van der Waals surface area contributed by atoms with Gasteiger partial charge in [0.25, 0.3) is 0 Å². The normalized spacial score (nSPS) is 24.3. The zero-order valence-corrected chi connectivity index (χ0v) is 21.1. The van der Waals surface area contributed by atoms with Crippen molar-refractivity contribution in [2.75, 3.05) is 50.9 Å². The van der Waals surface area contributed by atoms with Crippen LogP contribution in [0.1, 0.15) is 25.7 Å². The number of pyridine rings is 1. The number of benzene rings is 1. The maximum atomic E-state index is 16.3. The van der Waals surface area contributed by atoms with Gasteiger partial charge in [-0.05, 0) is 31.9 Å². The molecule has 8 nitrogen and oxygen atoms in total. The molecular weight excluding hydrogens is 490 g/mol. The molecule has 0 saturated carbocycles. The van der Waals surface area contributed by atoms with Crippen LogP contribution >= 0.6 is 0 Å². The standard InChI is InChI=1S/C28H30F2N6O2/c29-18-13-28(7-3-9-36(28)16-18)17-38-27-33-25-21(26(34-27)35-8-4-11-37-12-10-35)15-32-24(23(25)30)20-14-31-22-6-2-1-5-19(20)22/h1-2,5-6,14-15,18,31H,3-4,7-13,16-17H2/t18-,28+/m1/s1. The van der Waals surface area contributed by atoms with Crippen molar-refractivity contribution < 1.29 is 18.3 Å². The molecule has 198 valence electrons. The summed E-state index contributed by atoms with van der Waals surface area (Å²) in [6, 6.07) is 7.85. The highest BCUT2D eigenvalue weighted by atomic mass is 19.1. The maximum Gasteiger partial charge on any atom is 0.319 e. The van der Waals surface area contributed by atoms with Crippen LogP contribution in [-0.4, -0.2) is 82.5 Å². The van der Waals surface area contributed by atoms with Gasteiger partial charge in [0.1, 0.15) is 29.8 Å². The largest absolute Gasteiger partial charge is 0.461 e. The lowest BCUT2D eigenvalue weighted by molar-refractivity contribution is 0.107. The molecule has 4 aromatic rings. The van der Waals surface area contributed by atoms with E-state index in [4.69, 9.17) is 14.5 Å². The molecule has 0 spiro atoms. The van der Waals surface area contributed by atoms with E-state index in [0.29, 0.717) is 49.5 Å². The summed E-state index contributed by atoms with van der Waals surface area (Å²) in [5, 5.41) is 1.42. The summed E-state index contributed by atoms with van der Waals surface area (Å²) in [5.41, 5.74) is 1.62. The third-order valence-electron chi connectivity index (χ3n) is 8.24. The molecule has 2 atom stereocenters. The van der Waals surface area contributed by atoms with E-state index in [1.807, 2.05) is 24.3 Å². The summed E-state index contributed by atoms with van der Waals surface area (Å²) in [4.78, 5) is 21.3. The minimum Gasteiger partial charge on any atom is -0.461 e. The monoisotopic (exact) mass is 520 g/mol. The molecular formula is C28H30F2N6O2. The molecule has 0 radical (unpaired) electrons. The van der Waals surface area contributed by atoms with Gasteiger partial charge in [-0.2, -0.15) is 9.97 Å². The average Bonchev–Trinajstić information content (AvgIpc) is 3.52. The molecule has 0 unspecified atom stereocenters. The number of alkyl halides is 1. The van der Waals surface area contributed by atoms with E-state index >= 15 is 4.39 Å². The Morgan fingerprint density at radius 3 is 2.97 bits per heavy atom. The molecule has 3 aliphatic rings. The van der Waals surface area contributed by atoms with E-state index in [-0.39, 0.29) is 29.4 Å². The SMILES string of the molecule is Fc1c(-c2c[nH]c3ccccc23)ncc2c(N3CCCOCC3)nc(OC[C@@]34CCCN3C[C@H](F)C4)nc12. The topological polar surface area (TPSA) is 79.4 Å². The van der Waals surface area contributed by atoms with Crippen LogP contribution in [0.15, 0.2) is 36.7 Å². The predicted molar refractivity (Wildman–Crippen MR) is 141 cm³/mol. The minimum absolute atomic E-state index is 0.108. The first-order valence-electron chi connectivity index (χ1n) is 13.4. The Bertz CT molecular complexity index is 1490. The van der Waals surface area contributed by atoms with Crippen molar-refractivity contribution >= 4 is 27.6 Å². The smallest absolute Gasteiger partial charge is 0.319 e. The van der Waals surface area contributed by atoms with E-state index < -0.39 is 12.0 Å². The summed E-state index contributed by atoms with van der Waals surface area (Å²) in [6.45, 7) is 4.16. The first-order valence-corrected chi connectivity index (χ1v) is 13.4. The number of hydrogen-bond donors (Lipinski definition) is 1. The summed E-state index contributed by atoms with van der Waals surface area (Å²) in [7, 11) is 0.